The van der Waals surface area contributed by atoms with Crippen LogP contribution in [-0.4, -0.2) is 39.6 Å². The fourth-order valence-corrected chi connectivity index (χ4v) is 4.66. The summed E-state index contributed by atoms with van der Waals surface area (Å²) in [5, 5.41) is 1.08. The van der Waals surface area contributed by atoms with Crippen LogP contribution in [-0.2, 0) is 13.3 Å². The Balaban J connectivity index is 0.00000484. The molecule has 23 heavy (non-hydrogen) atoms. The first-order chi connectivity index (χ1) is 10.8. The molecule has 1 aromatic carbocycles. The van der Waals surface area contributed by atoms with Crippen molar-refractivity contribution < 1.29 is 13.3 Å². The van der Waals surface area contributed by atoms with Gasteiger partial charge in [0, 0.05) is 25.0 Å². The van der Waals surface area contributed by atoms with E-state index in [9.17, 15) is 0 Å². The Morgan fingerprint density at radius 1 is 0.696 bits per heavy atom. The Hall–Kier alpha value is -0.466. The van der Waals surface area contributed by atoms with Crippen molar-refractivity contribution in [1.82, 2.24) is 0 Å². The molecule has 0 radical (unpaired) electrons. The van der Waals surface area contributed by atoms with E-state index in [-0.39, 0.29) is 11.0 Å². The van der Waals surface area contributed by atoms with Gasteiger partial charge in [-0.25, -0.2) is 0 Å². The number of benzene rings is 1. The van der Waals surface area contributed by atoms with Gasteiger partial charge >= 0.3 is 8.80 Å². The van der Waals surface area contributed by atoms with Gasteiger partial charge in [-0.05, 0) is 30.2 Å². The van der Waals surface area contributed by atoms with E-state index in [2.05, 4.69) is 32.9 Å². The Labute approximate surface area is 148 Å². The molecule has 3 nitrogen and oxygen atoms in total. The van der Waals surface area contributed by atoms with Gasteiger partial charge in [0.15, 0.2) is 0 Å². The Morgan fingerprint density at radius 3 is 1.43 bits per heavy atom. The van der Waals surface area contributed by atoms with Crippen LogP contribution in [0.25, 0.3) is 0 Å². The molecule has 0 atom stereocenters. The molecule has 0 spiro atoms. The number of hydrogen-bond acceptors (Lipinski definition) is 3. The van der Waals surface area contributed by atoms with Gasteiger partial charge in [-0.2, -0.15) is 0 Å². The molecule has 0 aromatic heterocycles. The number of hydrogen-bond donors (Lipinski definition) is 0. The van der Waals surface area contributed by atoms with Gasteiger partial charge < -0.3 is 13.3 Å². The lowest BCUT2D eigenvalue weighted by Gasteiger charge is -2.30. The zero-order chi connectivity index (χ0) is 16.1. The van der Waals surface area contributed by atoms with E-state index in [0.717, 1.165) is 43.7 Å². The highest BCUT2D eigenvalue weighted by Gasteiger charge is 2.43. The summed E-state index contributed by atoms with van der Waals surface area (Å²) in [6.45, 7) is 8.63. The lowest BCUT2D eigenvalue weighted by Crippen LogP contribution is -2.57. The van der Waals surface area contributed by atoms with E-state index in [0.29, 0.717) is 19.8 Å². The first-order valence-corrected chi connectivity index (χ1v) is 10.5. The van der Waals surface area contributed by atoms with Crippen molar-refractivity contribution in [2.75, 3.05) is 19.8 Å². The van der Waals surface area contributed by atoms with Gasteiger partial charge in [-0.1, -0.05) is 70.4 Å². The maximum atomic E-state index is 6.24. The van der Waals surface area contributed by atoms with Crippen LogP contribution >= 0.6 is 0 Å². The van der Waals surface area contributed by atoms with Gasteiger partial charge in [-0.15, -0.1) is 0 Å². The fourth-order valence-electron chi connectivity index (χ4n) is 2.07. The number of unbranched alkanes of at least 4 members (excludes halogenated alkanes) is 3. The minimum atomic E-state index is -2.78. The molecule has 5 heteroatoms. The standard InChI is InChI=1S/C18H32O3Si.H4Si/c1-4-7-15-19-22(20-16-8-5-2,21-17-9-6-3)18-13-11-10-12-14-18;/h10-14H,4-9,15-17H2,1-3H3;1H4. The molecular formula is C18H36O3Si2. The summed E-state index contributed by atoms with van der Waals surface area (Å²) in [6.07, 6.45) is 6.46. The van der Waals surface area contributed by atoms with Crippen LogP contribution in [0.1, 0.15) is 59.3 Å². The summed E-state index contributed by atoms with van der Waals surface area (Å²) in [5.74, 6) is 0. The molecule has 1 rings (SSSR count). The molecule has 0 amide bonds. The molecule has 1 aromatic rings. The second-order valence-electron chi connectivity index (χ2n) is 5.53. The minimum absolute atomic E-state index is 0. The molecular weight excluding hydrogens is 320 g/mol. The number of rotatable bonds is 13. The molecule has 0 saturated heterocycles. The van der Waals surface area contributed by atoms with E-state index >= 15 is 0 Å². The summed E-state index contributed by atoms with van der Waals surface area (Å²) in [6, 6.07) is 10.2. The molecule has 0 bridgehead atoms. The van der Waals surface area contributed by atoms with Crippen molar-refractivity contribution in [2.24, 2.45) is 0 Å². The predicted molar refractivity (Wildman–Crippen MR) is 106 cm³/mol. The highest BCUT2D eigenvalue weighted by molar-refractivity contribution is 6.75. The second-order valence-corrected chi connectivity index (χ2v) is 8.08. The van der Waals surface area contributed by atoms with E-state index in [1.54, 1.807) is 0 Å². The molecule has 0 heterocycles. The second kappa shape index (κ2) is 13.9. The lowest BCUT2D eigenvalue weighted by molar-refractivity contribution is 0.0700. The van der Waals surface area contributed by atoms with Crippen LogP contribution in [0.5, 0.6) is 0 Å². The smallest absolute Gasteiger partial charge is 0.370 e. The molecule has 0 saturated carbocycles. The quantitative estimate of drug-likeness (QED) is 0.402. The van der Waals surface area contributed by atoms with Gasteiger partial charge in [0.05, 0.1) is 0 Å². The monoisotopic (exact) mass is 356 g/mol. The van der Waals surface area contributed by atoms with E-state index in [4.69, 9.17) is 13.3 Å². The Morgan fingerprint density at radius 2 is 1.09 bits per heavy atom. The van der Waals surface area contributed by atoms with Crippen molar-refractivity contribution in [3.63, 3.8) is 0 Å². The van der Waals surface area contributed by atoms with Gasteiger partial charge in [-0.3, -0.25) is 0 Å². The highest BCUT2D eigenvalue weighted by atomic mass is 28.4. The molecule has 0 aliphatic carbocycles. The molecule has 0 N–H and O–H groups in total. The van der Waals surface area contributed by atoms with Crippen molar-refractivity contribution in [2.45, 2.75) is 59.3 Å². The van der Waals surface area contributed by atoms with Crippen LogP contribution in [0.2, 0.25) is 0 Å². The van der Waals surface area contributed by atoms with E-state index in [1.807, 2.05) is 18.2 Å². The van der Waals surface area contributed by atoms with Crippen LogP contribution in [0.3, 0.4) is 0 Å². The van der Waals surface area contributed by atoms with Crippen molar-refractivity contribution in [3.05, 3.63) is 30.3 Å². The predicted octanol–water partition coefficient (Wildman–Crippen LogP) is 2.83. The van der Waals surface area contributed by atoms with Crippen LogP contribution < -0.4 is 5.19 Å². The average Bonchev–Trinajstić information content (AvgIpc) is 2.56. The fraction of sp³-hybridized carbons (Fsp3) is 0.667. The van der Waals surface area contributed by atoms with Crippen molar-refractivity contribution in [1.29, 1.82) is 0 Å². The first-order valence-electron chi connectivity index (χ1n) is 8.76. The van der Waals surface area contributed by atoms with Gasteiger partial charge in [0.2, 0.25) is 0 Å². The summed E-state index contributed by atoms with van der Waals surface area (Å²) in [4.78, 5) is 0. The van der Waals surface area contributed by atoms with Gasteiger partial charge in [0.1, 0.15) is 0 Å². The average molecular weight is 357 g/mol. The summed E-state index contributed by atoms with van der Waals surface area (Å²) < 4.78 is 18.7. The van der Waals surface area contributed by atoms with Crippen molar-refractivity contribution >= 4 is 25.0 Å². The normalized spacial score (nSPS) is 11.3. The highest BCUT2D eigenvalue weighted by Crippen LogP contribution is 2.14. The third kappa shape index (κ3) is 8.26. The molecule has 0 aliphatic rings. The zero-order valence-corrected chi connectivity index (χ0v) is 15.5. The SMILES string of the molecule is CCCCO[Si](OCCCC)(OCCCC)c1ccccc1.[SiH4]. The summed E-state index contributed by atoms with van der Waals surface area (Å²) in [5.41, 5.74) is 0. The van der Waals surface area contributed by atoms with Crippen molar-refractivity contribution in [3.8, 4) is 0 Å². The Bertz CT molecular complexity index is 347. The van der Waals surface area contributed by atoms with E-state index in [1.165, 1.54) is 0 Å². The summed E-state index contributed by atoms with van der Waals surface area (Å²) in [7, 11) is -2.78. The van der Waals surface area contributed by atoms with E-state index < -0.39 is 8.80 Å². The minimum Gasteiger partial charge on any atom is -0.370 e. The first kappa shape index (κ1) is 22.5. The van der Waals surface area contributed by atoms with Crippen LogP contribution in [0.15, 0.2) is 30.3 Å². The van der Waals surface area contributed by atoms with Crippen LogP contribution in [0.4, 0.5) is 0 Å². The molecule has 134 valence electrons. The molecule has 0 aliphatic heterocycles. The topological polar surface area (TPSA) is 27.7 Å². The lowest BCUT2D eigenvalue weighted by atomic mass is 10.4. The Kier molecular flexibility index (Phi) is 13.6. The molecule has 0 fully saturated rings. The third-order valence-corrected chi connectivity index (χ3v) is 6.29. The largest absolute Gasteiger partial charge is 0.537 e. The van der Waals surface area contributed by atoms with Crippen LogP contribution in [0, 0.1) is 0 Å². The maximum absolute atomic E-state index is 6.24. The third-order valence-electron chi connectivity index (χ3n) is 3.50. The molecule has 0 unspecified atom stereocenters. The maximum Gasteiger partial charge on any atom is 0.537 e. The summed E-state index contributed by atoms with van der Waals surface area (Å²) >= 11 is 0. The zero-order valence-electron chi connectivity index (χ0n) is 14.5. The van der Waals surface area contributed by atoms with Gasteiger partial charge in [0.25, 0.3) is 0 Å².